The number of nitrogens with zero attached hydrogens (tertiary/aromatic N) is 3. The van der Waals surface area contributed by atoms with Gasteiger partial charge >= 0.3 is 0 Å². The number of likely N-dealkylation sites (tertiary alicyclic amines) is 3. The molecule has 3 saturated heterocycles. The molecule has 1 aromatic carbocycles. The highest BCUT2D eigenvalue weighted by molar-refractivity contribution is 5.86. The lowest BCUT2D eigenvalue weighted by Gasteiger charge is -2.40. The minimum Gasteiger partial charge on any atom is -0.341 e. The standard InChI is InChI=1S/C21H28FN3O2/c22-18-6-4-17(5-7-18)13-23-10-2-8-21(15-23)9-12-25(16-21)20(27)14-24-11-1-3-19(24)26/h4-7H,1-3,8-16H2. The third-order valence-electron chi connectivity index (χ3n) is 6.35. The first-order valence-electron chi connectivity index (χ1n) is 10.1. The fourth-order valence-corrected chi connectivity index (χ4v) is 4.91. The highest BCUT2D eigenvalue weighted by Crippen LogP contribution is 2.39. The summed E-state index contributed by atoms with van der Waals surface area (Å²) in [5.74, 6) is 0.00785. The molecule has 0 aromatic heterocycles. The second-order valence-electron chi connectivity index (χ2n) is 8.42. The first-order valence-corrected chi connectivity index (χ1v) is 10.1. The van der Waals surface area contributed by atoms with Gasteiger partial charge in [-0.1, -0.05) is 12.1 Å². The molecule has 6 heteroatoms. The molecule has 0 radical (unpaired) electrons. The molecule has 5 nitrogen and oxygen atoms in total. The fourth-order valence-electron chi connectivity index (χ4n) is 4.91. The average Bonchev–Trinajstić information content (AvgIpc) is 3.24. The summed E-state index contributed by atoms with van der Waals surface area (Å²) in [6, 6.07) is 6.75. The second-order valence-corrected chi connectivity index (χ2v) is 8.42. The normalized spacial score (nSPS) is 26.3. The van der Waals surface area contributed by atoms with E-state index in [1.54, 1.807) is 4.90 Å². The van der Waals surface area contributed by atoms with Crippen molar-refractivity contribution in [3.8, 4) is 0 Å². The van der Waals surface area contributed by atoms with Gasteiger partial charge in [-0.25, -0.2) is 4.39 Å². The molecule has 3 fully saturated rings. The molecule has 0 N–H and O–H groups in total. The summed E-state index contributed by atoms with van der Waals surface area (Å²) in [7, 11) is 0. The van der Waals surface area contributed by atoms with Gasteiger partial charge in [0.2, 0.25) is 11.8 Å². The van der Waals surface area contributed by atoms with E-state index < -0.39 is 0 Å². The number of benzene rings is 1. The van der Waals surface area contributed by atoms with E-state index in [1.165, 1.54) is 12.1 Å². The van der Waals surface area contributed by atoms with Crippen molar-refractivity contribution in [2.24, 2.45) is 5.41 Å². The summed E-state index contributed by atoms with van der Waals surface area (Å²) in [5, 5.41) is 0. The number of halogens is 1. The maximum atomic E-state index is 13.1. The fraction of sp³-hybridized carbons (Fsp3) is 0.619. The number of carbonyl (C=O) groups excluding carboxylic acids is 2. The molecule has 3 heterocycles. The van der Waals surface area contributed by atoms with Crippen molar-refractivity contribution >= 4 is 11.8 Å². The lowest BCUT2D eigenvalue weighted by Crippen LogP contribution is -2.46. The molecular formula is C21H28FN3O2. The van der Waals surface area contributed by atoms with E-state index in [1.807, 2.05) is 17.0 Å². The van der Waals surface area contributed by atoms with Crippen molar-refractivity contribution in [2.75, 3.05) is 39.3 Å². The molecule has 0 saturated carbocycles. The zero-order valence-electron chi connectivity index (χ0n) is 15.8. The van der Waals surface area contributed by atoms with Crippen LogP contribution in [0.25, 0.3) is 0 Å². The molecule has 3 aliphatic rings. The summed E-state index contributed by atoms with van der Waals surface area (Å²) < 4.78 is 13.1. The molecule has 1 spiro atoms. The lowest BCUT2D eigenvalue weighted by atomic mass is 9.79. The molecule has 1 unspecified atom stereocenters. The third-order valence-corrected chi connectivity index (χ3v) is 6.35. The van der Waals surface area contributed by atoms with Crippen molar-refractivity contribution in [1.82, 2.24) is 14.7 Å². The Labute approximate surface area is 160 Å². The number of rotatable bonds is 4. The zero-order chi connectivity index (χ0) is 18.9. The number of amides is 2. The van der Waals surface area contributed by atoms with Gasteiger partial charge < -0.3 is 9.80 Å². The molecule has 1 aromatic rings. The lowest BCUT2D eigenvalue weighted by molar-refractivity contribution is -0.138. The van der Waals surface area contributed by atoms with Crippen molar-refractivity contribution in [1.29, 1.82) is 0 Å². The van der Waals surface area contributed by atoms with Crippen LogP contribution in [-0.4, -0.2) is 65.8 Å². The van der Waals surface area contributed by atoms with Gasteiger partial charge in [0, 0.05) is 44.6 Å². The van der Waals surface area contributed by atoms with Gasteiger partial charge in [-0.15, -0.1) is 0 Å². The molecule has 3 aliphatic heterocycles. The Hall–Kier alpha value is -1.95. The summed E-state index contributed by atoms with van der Waals surface area (Å²) >= 11 is 0. The molecular weight excluding hydrogens is 345 g/mol. The van der Waals surface area contributed by atoms with Crippen molar-refractivity contribution < 1.29 is 14.0 Å². The molecule has 27 heavy (non-hydrogen) atoms. The van der Waals surface area contributed by atoms with E-state index in [2.05, 4.69) is 4.90 Å². The van der Waals surface area contributed by atoms with Crippen LogP contribution in [0.4, 0.5) is 4.39 Å². The first-order chi connectivity index (χ1) is 13.0. The van der Waals surface area contributed by atoms with E-state index in [-0.39, 0.29) is 29.6 Å². The van der Waals surface area contributed by atoms with E-state index in [4.69, 9.17) is 0 Å². The van der Waals surface area contributed by atoms with Crippen LogP contribution < -0.4 is 0 Å². The minimum absolute atomic E-state index is 0.0952. The average molecular weight is 373 g/mol. The molecule has 146 valence electrons. The summed E-state index contributed by atoms with van der Waals surface area (Å²) in [4.78, 5) is 30.6. The maximum absolute atomic E-state index is 13.1. The van der Waals surface area contributed by atoms with Crippen LogP contribution in [0.15, 0.2) is 24.3 Å². The van der Waals surface area contributed by atoms with Crippen LogP contribution in [0.5, 0.6) is 0 Å². The molecule has 0 aliphatic carbocycles. The number of carbonyl (C=O) groups is 2. The molecule has 0 bridgehead atoms. The van der Waals surface area contributed by atoms with Crippen LogP contribution in [0, 0.1) is 11.2 Å². The number of hydrogen-bond acceptors (Lipinski definition) is 3. The van der Waals surface area contributed by atoms with E-state index >= 15 is 0 Å². The highest BCUT2D eigenvalue weighted by Gasteiger charge is 2.43. The van der Waals surface area contributed by atoms with Gasteiger partial charge in [-0.3, -0.25) is 14.5 Å². The van der Waals surface area contributed by atoms with Gasteiger partial charge in [0.15, 0.2) is 0 Å². The summed E-state index contributed by atoms with van der Waals surface area (Å²) in [6.07, 6.45) is 4.77. The van der Waals surface area contributed by atoms with Crippen LogP contribution in [0.2, 0.25) is 0 Å². The number of hydrogen-bond donors (Lipinski definition) is 0. The van der Waals surface area contributed by atoms with E-state index in [0.717, 1.165) is 70.5 Å². The quantitative estimate of drug-likeness (QED) is 0.813. The Kier molecular flexibility index (Phi) is 5.17. The van der Waals surface area contributed by atoms with Gasteiger partial charge in [0.05, 0.1) is 6.54 Å². The third kappa shape index (κ3) is 4.15. The highest BCUT2D eigenvalue weighted by atomic mass is 19.1. The Bertz CT molecular complexity index is 708. The van der Waals surface area contributed by atoms with E-state index in [9.17, 15) is 14.0 Å². The SMILES string of the molecule is O=C1CCCN1CC(=O)N1CCC2(CCCN(Cc3ccc(F)cc3)C2)C1. The predicted octanol–water partition coefficient (Wildman–Crippen LogP) is 2.26. The minimum atomic E-state index is -0.199. The van der Waals surface area contributed by atoms with Gasteiger partial charge in [-0.2, -0.15) is 0 Å². The molecule has 2 amide bonds. The zero-order valence-corrected chi connectivity index (χ0v) is 15.8. The monoisotopic (exact) mass is 373 g/mol. The van der Waals surface area contributed by atoms with Crippen LogP contribution in [0.3, 0.4) is 0 Å². The largest absolute Gasteiger partial charge is 0.341 e. The Morgan fingerprint density at radius 2 is 1.85 bits per heavy atom. The van der Waals surface area contributed by atoms with Crippen molar-refractivity contribution in [2.45, 2.75) is 38.6 Å². The Morgan fingerprint density at radius 3 is 2.59 bits per heavy atom. The van der Waals surface area contributed by atoms with Crippen LogP contribution in [0.1, 0.15) is 37.7 Å². The van der Waals surface area contributed by atoms with Crippen LogP contribution in [-0.2, 0) is 16.1 Å². The van der Waals surface area contributed by atoms with Crippen LogP contribution >= 0.6 is 0 Å². The first kappa shape index (κ1) is 18.4. The van der Waals surface area contributed by atoms with Crippen molar-refractivity contribution in [3.63, 3.8) is 0 Å². The van der Waals surface area contributed by atoms with Gasteiger partial charge in [0.1, 0.15) is 5.82 Å². The molecule has 1 atom stereocenters. The van der Waals surface area contributed by atoms with Gasteiger partial charge in [-0.05, 0) is 49.9 Å². The second kappa shape index (κ2) is 7.58. The maximum Gasteiger partial charge on any atom is 0.242 e. The number of piperidine rings is 1. The van der Waals surface area contributed by atoms with Gasteiger partial charge in [0.25, 0.3) is 0 Å². The summed E-state index contributed by atoms with van der Waals surface area (Å²) in [5.41, 5.74) is 1.30. The smallest absolute Gasteiger partial charge is 0.242 e. The molecule has 4 rings (SSSR count). The topological polar surface area (TPSA) is 43.9 Å². The van der Waals surface area contributed by atoms with Crippen molar-refractivity contribution in [3.05, 3.63) is 35.6 Å². The Morgan fingerprint density at radius 1 is 1.04 bits per heavy atom. The van der Waals surface area contributed by atoms with E-state index in [0.29, 0.717) is 6.42 Å². The Balaban J connectivity index is 1.34. The predicted molar refractivity (Wildman–Crippen MR) is 100 cm³/mol. The summed E-state index contributed by atoms with van der Waals surface area (Å²) in [6.45, 7) is 5.42.